The Morgan fingerprint density at radius 2 is 0.786 bits per heavy atom. The first-order chi connectivity index (χ1) is 60.8. The molecule has 4 aromatic carbocycles. The first-order valence-electron chi connectivity index (χ1n) is 38.0. The van der Waals surface area contributed by atoms with Gasteiger partial charge in [0, 0.05) is 23.6 Å². The number of nitrogens with zero attached hydrogens (tertiary/aromatic N) is 24. The molecule has 0 saturated carbocycles. The van der Waals surface area contributed by atoms with Gasteiger partial charge < -0.3 is 28.0 Å². The van der Waals surface area contributed by atoms with Gasteiger partial charge in [-0.3, -0.25) is 32.9 Å². The van der Waals surface area contributed by atoms with Gasteiger partial charge in [0.15, 0.2) is 22.6 Å². The van der Waals surface area contributed by atoms with Crippen molar-refractivity contribution in [1.29, 1.82) is 0 Å². The molecule has 0 bridgehead atoms. The largest absolute Gasteiger partial charge is 0.508 e. The SMILES string of the molecule is Cc1ccccc1-n1c(Cn2nc(Br)c3c(N)ncnc32)nc2scc(C)c2c1=O.Cc1cccnc1-n1c(Cn2nc(I)c3c(N)ccnc32)nc2scc(C)c2c1=O.Cc1csc2nc(Cn3nc(-c4cccc(O)c4)c4c(N)ncnc43)n(-c3ccccc3Cl)c(=O)c12.Cc1csc2nc(Cn3nc(I)c4c(N)ncnc43)n(-c3ccccc3Cl)c(=O)c12. The van der Waals surface area contributed by atoms with E-state index >= 15 is 0 Å². The van der Waals surface area contributed by atoms with Crippen molar-refractivity contribution in [2.75, 3.05) is 22.9 Å². The molecule has 628 valence electrons. The Morgan fingerprint density at radius 1 is 0.389 bits per heavy atom. The van der Waals surface area contributed by atoms with Gasteiger partial charge in [0.25, 0.3) is 22.2 Å². The zero-order valence-electron chi connectivity index (χ0n) is 66.6. The van der Waals surface area contributed by atoms with Crippen LogP contribution in [0.3, 0.4) is 0 Å². The number of nitrogen functional groups attached to an aromatic ring is 4. The van der Waals surface area contributed by atoms with E-state index in [2.05, 4.69) is 116 Å². The maximum absolute atomic E-state index is 13.7. The maximum atomic E-state index is 13.7. The van der Waals surface area contributed by atoms with Crippen molar-refractivity contribution in [3.8, 4) is 39.9 Å². The summed E-state index contributed by atoms with van der Waals surface area (Å²) in [7, 11) is 0. The number of benzene rings is 4. The average Bonchev–Trinajstić information content (AvgIpc) is 1.56. The molecule has 42 heteroatoms. The van der Waals surface area contributed by atoms with E-state index in [-0.39, 0.29) is 60.0 Å². The fourth-order valence-corrected chi connectivity index (χ4v) is 21.1. The van der Waals surface area contributed by atoms with Gasteiger partial charge in [-0.05, 0) is 212 Å². The second-order valence-electron chi connectivity index (χ2n) is 28.8. The van der Waals surface area contributed by atoms with E-state index in [4.69, 9.17) is 71.2 Å². The molecule has 0 atom stereocenters. The van der Waals surface area contributed by atoms with Crippen molar-refractivity contribution in [1.82, 2.24) is 117 Å². The number of pyridine rings is 2. The third-order valence-electron chi connectivity index (χ3n) is 20.7. The molecule has 0 fully saturated rings. The van der Waals surface area contributed by atoms with Crippen molar-refractivity contribution in [2.45, 2.75) is 67.7 Å². The lowest BCUT2D eigenvalue weighted by molar-refractivity contribution is 0.475. The minimum Gasteiger partial charge on any atom is -0.508 e. The predicted molar refractivity (Wildman–Crippen MR) is 515 cm³/mol. The average molecular weight is 2080 g/mol. The molecule has 0 aliphatic heterocycles. The van der Waals surface area contributed by atoms with Gasteiger partial charge in [-0.15, -0.1) is 45.3 Å². The summed E-state index contributed by atoms with van der Waals surface area (Å²) < 4.78 is 15.0. The highest BCUT2D eigenvalue weighted by Gasteiger charge is 2.28. The molecule has 0 amide bonds. The molecular weight excluding hydrogens is 2010 g/mol. The van der Waals surface area contributed by atoms with Gasteiger partial charge in [-0.25, -0.2) is 83.1 Å². The van der Waals surface area contributed by atoms with Gasteiger partial charge in [0.1, 0.15) is 134 Å². The van der Waals surface area contributed by atoms with E-state index < -0.39 is 0 Å². The fourth-order valence-electron chi connectivity index (χ4n) is 14.8. The highest BCUT2D eigenvalue weighted by molar-refractivity contribution is 14.1. The van der Waals surface area contributed by atoms with Crippen molar-refractivity contribution >= 4 is 238 Å². The Hall–Kier alpha value is -12.8. The Kier molecular flexibility index (Phi) is 22.9. The lowest BCUT2D eigenvalue weighted by atomic mass is 10.1. The van der Waals surface area contributed by atoms with Crippen LogP contribution in [0.15, 0.2) is 192 Å². The number of rotatable bonds is 13. The minimum atomic E-state index is -0.208. The van der Waals surface area contributed by atoms with Crippen LogP contribution in [0.2, 0.25) is 10.0 Å². The van der Waals surface area contributed by atoms with E-state index in [1.807, 2.05) is 124 Å². The number of phenols is 1. The smallest absolute Gasteiger partial charge is 0.268 e. The molecule has 9 N–H and O–H groups in total. The van der Waals surface area contributed by atoms with Crippen molar-refractivity contribution in [2.24, 2.45) is 0 Å². The topological polar surface area (TPSA) is 438 Å². The van der Waals surface area contributed by atoms with E-state index in [0.29, 0.717) is 167 Å². The first kappa shape index (κ1) is 84.0. The van der Waals surface area contributed by atoms with E-state index in [0.717, 1.165) is 48.2 Å². The van der Waals surface area contributed by atoms with Crippen LogP contribution in [-0.4, -0.2) is 122 Å². The van der Waals surface area contributed by atoms with Crippen molar-refractivity contribution in [3.05, 3.63) is 288 Å². The molecule has 0 aliphatic carbocycles. The summed E-state index contributed by atoms with van der Waals surface area (Å²) in [5.41, 5.74) is 35.2. The number of para-hydroxylation sites is 3. The number of anilines is 4. The number of hydrogen-bond donors (Lipinski definition) is 5. The monoisotopic (exact) mass is 2070 g/mol. The fraction of sp³-hybridized carbons (Fsp3) is 0.119. The Balaban J connectivity index is 0.000000114. The number of hydrogen-bond acceptors (Lipinski definition) is 29. The summed E-state index contributed by atoms with van der Waals surface area (Å²) in [6.07, 6.45) is 7.49. The molecule has 0 aliphatic rings. The number of halogens is 5. The molecule has 33 nitrogen and oxygen atoms in total. The second kappa shape index (κ2) is 34.3. The number of thiophene rings is 4. The van der Waals surface area contributed by atoms with Crippen LogP contribution in [0.25, 0.3) is 119 Å². The summed E-state index contributed by atoms with van der Waals surface area (Å²) in [6.45, 7) is 12.4. The highest BCUT2D eigenvalue weighted by Crippen LogP contribution is 2.36. The first-order valence-corrected chi connectivity index (χ1v) is 45.3. The van der Waals surface area contributed by atoms with Crippen LogP contribution in [0.1, 0.15) is 56.7 Å². The Morgan fingerprint density at radius 3 is 1.27 bits per heavy atom. The van der Waals surface area contributed by atoms with Crippen LogP contribution >= 0.6 is 130 Å². The van der Waals surface area contributed by atoms with Crippen LogP contribution in [0, 0.1) is 48.9 Å². The molecule has 21 rings (SSSR count). The van der Waals surface area contributed by atoms with Gasteiger partial charge in [0.05, 0.1) is 70.2 Å². The summed E-state index contributed by atoms with van der Waals surface area (Å²) in [6, 6.07) is 34.3. The van der Waals surface area contributed by atoms with Gasteiger partial charge in [-0.1, -0.05) is 83.9 Å². The minimum absolute atomic E-state index is 0.0901. The predicted octanol–water partition coefficient (Wildman–Crippen LogP) is 15.4. The molecule has 0 saturated heterocycles. The number of aromatic hydroxyl groups is 1. The standard InChI is InChI=1S/C25H18ClN7O2S.C20H16BrN7OS.C20H16IN7OS.C19H13ClIN7OS/c1-13-11-36-24-19(13)25(35)33(17-8-3-2-7-16(17)26)18(30-24)10-32-23-20(22(27)28-12-29-23)21(31-32)14-5-4-6-15(34)9-14;1-10-5-3-4-6-12(10)28-13(25-19-14(20(28)29)11(2)8-30-19)7-27-18-15(16(21)26-27)17(22)23-9-24-18;1-10-4-3-6-23-17(10)28-13(25-19-14(20(28)29)11(2)9-30-19)8-27-18-15(16(21)26-27)12(22)5-7-24-18;1-9-7-30-18-13(9)19(29)28(11-5-3-2-4-10(11)20)12(25-18)6-27-17-14(15(21)26-27)16(22)23-8-24-17/h2-9,11-12,34H,10H2,1H3,(H2,27,28,29);3-6,8-9H,7H2,1-2H3,(H2,22,23,24);3-7,9H,8H2,1-2H3,(H2,22,24);2-5,7-8H,6H2,1H3,(H2,22,23,24). The van der Waals surface area contributed by atoms with Crippen LogP contribution in [0.4, 0.5) is 23.1 Å². The third kappa shape index (κ3) is 15.3. The number of nitrogens with two attached hydrogens (primary N) is 4. The van der Waals surface area contributed by atoms with Crippen LogP contribution in [0.5, 0.6) is 5.75 Å². The molecule has 126 heavy (non-hydrogen) atoms. The summed E-state index contributed by atoms with van der Waals surface area (Å²) in [4.78, 5) is 111. The molecule has 21 aromatic rings. The molecule has 0 radical (unpaired) electrons. The number of fused-ring (bicyclic) bond motifs is 8. The highest BCUT2D eigenvalue weighted by atomic mass is 127. The zero-order valence-corrected chi connectivity index (χ0v) is 77.3. The molecule has 0 unspecified atom stereocenters. The number of aromatic nitrogens is 24. The molecular formula is C84H63BrCl2I2N28O5S4. The summed E-state index contributed by atoms with van der Waals surface area (Å²) in [5, 5.41) is 42.2. The normalized spacial score (nSPS) is 11.5. The van der Waals surface area contributed by atoms with E-state index in [1.165, 1.54) is 68.9 Å². The molecule has 0 spiro atoms. The number of phenolic OH excluding ortho intramolecular Hbond substituents is 1. The molecule has 17 heterocycles. The van der Waals surface area contributed by atoms with Gasteiger partial charge >= 0.3 is 0 Å². The Bertz CT molecular complexity index is 7730. The van der Waals surface area contributed by atoms with Gasteiger partial charge in [-0.2, -0.15) is 20.4 Å². The van der Waals surface area contributed by atoms with Crippen LogP contribution in [-0.2, 0) is 26.2 Å². The number of aryl methyl sites for hydroxylation is 6. The second-order valence-corrected chi connectivity index (χ2v) is 35.8. The van der Waals surface area contributed by atoms with E-state index in [1.54, 1.807) is 99.4 Å². The zero-order chi connectivity index (χ0) is 87.9. The van der Waals surface area contributed by atoms with Crippen molar-refractivity contribution in [3.63, 3.8) is 0 Å². The lowest BCUT2D eigenvalue weighted by Gasteiger charge is -2.15. The summed E-state index contributed by atoms with van der Waals surface area (Å²) >= 11 is 26.4. The lowest BCUT2D eigenvalue weighted by Crippen LogP contribution is -2.26. The summed E-state index contributed by atoms with van der Waals surface area (Å²) in [5.74, 6) is 3.66. The third-order valence-corrected chi connectivity index (χ3v) is 27.3. The Labute approximate surface area is 771 Å². The quantitative estimate of drug-likeness (QED) is 0.0669. The van der Waals surface area contributed by atoms with Gasteiger partial charge in [0.2, 0.25) is 0 Å². The molecule has 17 aromatic heterocycles. The maximum Gasteiger partial charge on any atom is 0.268 e. The van der Waals surface area contributed by atoms with Crippen molar-refractivity contribution < 1.29 is 5.11 Å². The van der Waals surface area contributed by atoms with Crippen LogP contribution < -0.4 is 45.2 Å². The van der Waals surface area contributed by atoms with E-state index in [9.17, 15) is 24.3 Å².